The third kappa shape index (κ3) is 6.61. The number of nitrogens with zero attached hydrogens (tertiary/aromatic N) is 4. The monoisotopic (exact) mass is 1010 g/mol. The number of para-hydroxylation sites is 7. The fourth-order valence-electron chi connectivity index (χ4n) is 13.5. The second-order valence-corrected chi connectivity index (χ2v) is 20.8. The molecule has 12 aromatic rings. The van der Waals surface area contributed by atoms with Crippen LogP contribution in [0.3, 0.4) is 0 Å². The lowest BCUT2D eigenvalue weighted by molar-refractivity contribution is 0.668. The molecule has 0 unspecified atom stereocenters. The van der Waals surface area contributed by atoms with Gasteiger partial charge in [0.1, 0.15) is 22.3 Å². The third-order valence-electron chi connectivity index (χ3n) is 16.5. The van der Waals surface area contributed by atoms with Crippen molar-refractivity contribution < 1.29 is 8.83 Å². The Balaban J connectivity index is 1.05. The van der Waals surface area contributed by atoms with Crippen LogP contribution in [0.2, 0.25) is 0 Å². The molecule has 4 aliphatic heterocycles. The van der Waals surface area contributed by atoms with E-state index in [0.29, 0.717) is 0 Å². The van der Waals surface area contributed by atoms with Crippen molar-refractivity contribution in [3.8, 4) is 0 Å². The van der Waals surface area contributed by atoms with Crippen molar-refractivity contribution in [2.45, 2.75) is 6.92 Å². The maximum Gasteiger partial charge on any atom is 0.252 e. The number of rotatable bonds is 8. The first-order valence-corrected chi connectivity index (χ1v) is 27.1. The Labute approximate surface area is 458 Å². The van der Waals surface area contributed by atoms with Gasteiger partial charge in [0.05, 0.1) is 22.1 Å². The highest BCUT2D eigenvalue weighted by Gasteiger charge is 2.49. The van der Waals surface area contributed by atoms with E-state index in [9.17, 15) is 0 Å². The van der Waals surface area contributed by atoms with Crippen molar-refractivity contribution in [2.24, 2.45) is 0 Å². The summed E-state index contributed by atoms with van der Waals surface area (Å²) in [6, 6.07) is 77.5. The Morgan fingerprint density at radius 1 is 0.380 bits per heavy atom. The highest BCUT2D eigenvalue weighted by atomic mass is 16.3. The molecule has 0 bridgehead atoms. The van der Waals surface area contributed by atoms with Crippen molar-refractivity contribution >= 4 is 153 Å². The van der Waals surface area contributed by atoms with Crippen LogP contribution in [0.1, 0.15) is 6.92 Å². The molecular formula is C71H48B2N4O2. The average molecular weight is 1010 g/mol. The van der Waals surface area contributed by atoms with Crippen LogP contribution in [0, 0.1) is 0 Å². The molecule has 0 saturated heterocycles. The Hall–Kier alpha value is -10.2. The molecule has 0 saturated carbocycles. The molecule has 0 atom stereocenters. The molecule has 8 heteroatoms. The summed E-state index contributed by atoms with van der Waals surface area (Å²) >= 11 is 0. The molecule has 2 aromatic heterocycles. The molecule has 0 spiro atoms. The van der Waals surface area contributed by atoms with E-state index in [-0.39, 0.29) is 13.4 Å². The van der Waals surface area contributed by atoms with Gasteiger partial charge in [-0.15, -0.1) is 0 Å². The molecule has 6 heterocycles. The largest absolute Gasteiger partial charge is 0.456 e. The van der Waals surface area contributed by atoms with Gasteiger partial charge in [0.25, 0.3) is 13.4 Å². The lowest BCUT2D eigenvalue weighted by Gasteiger charge is -2.47. The maximum absolute atomic E-state index is 7.00. The van der Waals surface area contributed by atoms with Gasteiger partial charge >= 0.3 is 0 Å². The Kier molecular flexibility index (Phi) is 10.1. The normalized spacial score (nSPS) is 14.2. The summed E-state index contributed by atoms with van der Waals surface area (Å²) in [4.78, 5) is 9.99. The van der Waals surface area contributed by atoms with Crippen LogP contribution in [0.4, 0.5) is 62.6 Å². The van der Waals surface area contributed by atoms with E-state index < -0.39 is 0 Å². The Morgan fingerprint density at radius 3 is 1.38 bits per heavy atom. The smallest absolute Gasteiger partial charge is 0.252 e. The van der Waals surface area contributed by atoms with E-state index in [1.807, 2.05) is 18.2 Å². The molecule has 10 aromatic carbocycles. The molecular weight excluding hydrogens is 962 g/mol. The van der Waals surface area contributed by atoms with Crippen LogP contribution in [-0.4, -0.2) is 13.4 Å². The first kappa shape index (κ1) is 45.1. The molecule has 0 radical (unpaired) electrons. The molecule has 0 fully saturated rings. The first-order chi connectivity index (χ1) is 39.1. The second kappa shape index (κ2) is 17.7. The first-order valence-electron chi connectivity index (χ1n) is 27.1. The standard InChI is InChI=1S/C71H48B2N4O2/c1-3-4-5-6-7-8-12-27-46(2)74-58-43-59-55(42-54(58)72-52-36-21-23-38-56(52)76(48-30-15-10-16-31-48)70-66-50-34-19-25-40-62(50)78-64(66)44-60(74)68(70)72)73-53-37-22-24-39-57(53)77(49-32-17-11-18-33-49)71-67-51-35-20-26-41-63(51)79-65(67)45-61(69(71)73)75(59)47-28-13-9-14-29-47/h3-45H,1H2,2H3/b5-4+,7-6+,12-8-,46-27+. The van der Waals surface area contributed by atoms with Gasteiger partial charge in [-0.2, -0.15) is 0 Å². The van der Waals surface area contributed by atoms with Crippen LogP contribution < -0.4 is 52.4 Å². The van der Waals surface area contributed by atoms with Crippen LogP contribution in [0.25, 0.3) is 43.9 Å². The van der Waals surface area contributed by atoms with E-state index in [1.54, 1.807) is 6.08 Å². The van der Waals surface area contributed by atoms with Gasteiger partial charge < -0.3 is 28.4 Å². The van der Waals surface area contributed by atoms with Crippen molar-refractivity contribution in [1.29, 1.82) is 0 Å². The zero-order chi connectivity index (χ0) is 52.3. The third-order valence-corrected chi connectivity index (χ3v) is 16.5. The quantitative estimate of drug-likeness (QED) is 0.112. The molecule has 6 nitrogen and oxygen atoms in total. The lowest BCUT2D eigenvalue weighted by atomic mass is 9.30. The number of allylic oxidation sites excluding steroid dienone is 9. The molecule has 16 rings (SSSR count). The average Bonchev–Trinajstić information content (AvgIpc) is 4.11. The lowest BCUT2D eigenvalue weighted by Crippen LogP contribution is -2.65. The van der Waals surface area contributed by atoms with E-state index >= 15 is 0 Å². The molecule has 0 N–H and O–H groups in total. The van der Waals surface area contributed by atoms with E-state index in [1.165, 1.54) is 32.8 Å². The number of anilines is 11. The summed E-state index contributed by atoms with van der Waals surface area (Å²) in [5.74, 6) is 0. The van der Waals surface area contributed by atoms with Crippen molar-refractivity contribution in [3.63, 3.8) is 0 Å². The predicted octanol–water partition coefficient (Wildman–Crippen LogP) is 15.1. The number of fused-ring (bicyclic) bond motifs is 16. The fourth-order valence-corrected chi connectivity index (χ4v) is 13.5. The molecule has 0 amide bonds. The Bertz CT molecular complexity index is 4630. The zero-order valence-corrected chi connectivity index (χ0v) is 43.3. The van der Waals surface area contributed by atoms with Crippen LogP contribution in [-0.2, 0) is 0 Å². The van der Waals surface area contributed by atoms with E-state index in [2.05, 4.69) is 270 Å². The van der Waals surface area contributed by atoms with Crippen LogP contribution in [0.15, 0.2) is 282 Å². The van der Waals surface area contributed by atoms with E-state index in [0.717, 1.165) is 112 Å². The number of hydrogen-bond donors (Lipinski definition) is 0. The minimum atomic E-state index is -0.162. The maximum atomic E-state index is 7.00. The summed E-state index contributed by atoms with van der Waals surface area (Å²) < 4.78 is 14.0. The fraction of sp³-hybridized carbons (Fsp3) is 0.0141. The zero-order valence-electron chi connectivity index (χ0n) is 43.3. The van der Waals surface area contributed by atoms with Gasteiger partial charge in [-0.25, -0.2) is 0 Å². The van der Waals surface area contributed by atoms with Crippen molar-refractivity contribution in [1.82, 2.24) is 0 Å². The topological polar surface area (TPSA) is 39.2 Å². The van der Waals surface area contributed by atoms with Crippen LogP contribution >= 0.6 is 0 Å². The van der Waals surface area contributed by atoms with E-state index in [4.69, 9.17) is 8.83 Å². The van der Waals surface area contributed by atoms with Crippen molar-refractivity contribution in [2.75, 3.05) is 19.6 Å². The summed E-state index contributed by atoms with van der Waals surface area (Å²) in [5.41, 5.74) is 24.1. The van der Waals surface area contributed by atoms with Gasteiger partial charge in [0, 0.05) is 79.8 Å². The van der Waals surface area contributed by atoms with Gasteiger partial charge in [0.15, 0.2) is 0 Å². The second-order valence-electron chi connectivity index (χ2n) is 20.8. The van der Waals surface area contributed by atoms with Crippen LogP contribution in [0.5, 0.6) is 0 Å². The number of benzene rings is 10. The minimum absolute atomic E-state index is 0.157. The Morgan fingerprint density at radius 2 is 0.823 bits per heavy atom. The highest BCUT2D eigenvalue weighted by Crippen LogP contribution is 2.52. The van der Waals surface area contributed by atoms with Gasteiger partial charge in [-0.3, -0.25) is 0 Å². The molecule has 370 valence electrons. The van der Waals surface area contributed by atoms with Gasteiger partial charge in [-0.1, -0.05) is 183 Å². The van der Waals surface area contributed by atoms with Gasteiger partial charge in [0.2, 0.25) is 0 Å². The molecule has 4 aliphatic rings. The highest BCUT2D eigenvalue weighted by molar-refractivity contribution is 7.03. The summed E-state index contributed by atoms with van der Waals surface area (Å²) in [7, 11) is 0. The predicted molar refractivity (Wildman–Crippen MR) is 334 cm³/mol. The minimum Gasteiger partial charge on any atom is -0.456 e. The summed E-state index contributed by atoms with van der Waals surface area (Å²) in [6.07, 6.45) is 16.3. The van der Waals surface area contributed by atoms with Crippen molar-refractivity contribution in [3.05, 3.63) is 273 Å². The summed E-state index contributed by atoms with van der Waals surface area (Å²) in [6.45, 7) is 5.76. The number of furan rings is 2. The number of hydrogen-bond acceptors (Lipinski definition) is 6. The molecule has 0 aliphatic carbocycles. The summed E-state index contributed by atoms with van der Waals surface area (Å²) in [5, 5.41) is 4.39. The molecule has 79 heavy (non-hydrogen) atoms. The SMILES string of the molecule is C=C/C=C/C=C/C=C\C=C(/C)N1c2cc3c(cc2B2c4ccccc4N(c4ccccc4)c4c2c1cc1oc2ccccc2c41)B1c2ccccc2N(c2ccccc2)c2c1c(cc1oc4ccccc4c21)N3c1ccccc1. The van der Waals surface area contributed by atoms with Gasteiger partial charge in [-0.05, 0) is 113 Å².